The fourth-order valence-electron chi connectivity index (χ4n) is 1.39. The molecule has 0 saturated heterocycles. The Morgan fingerprint density at radius 2 is 1.60 bits per heavy atom. The van der Waals surface area contributed by atoms with Gasteiger partial charge in [0.15, 0.2) is 0 Å². The van der Waals surface area contributed by atoms with Gasteiger partial charge in [-0.2, -0.15) is 0 Å². The quantitative estimate of drug-likeness (QED) is 0.792. The predicted octanol–water partition coefficient (Wildman–Crippen LogP) is 1.72. The van der Waals surface area contributed by atoms with Crippen molar-refractivity contribution in [3.05, 3.63) is 59.9 Å². The van der Waals surface area contributed by atoms with E-state index in [1.165, 1.54) is 5.56 Å². The Bertz CT molecular complexity index is 392. The highest BCUT2D eigenvalue weighted by Gasteiger charge is 1.93. The predicted molar refractivity (Wildman–Crippen MR) is 59.9 cm³/mol. The number of aliphatic hydroxyl groups excluding tert-OH is 1. The summed E-state index contributed by atoms with van der Waals surface area (Å²) in [6.45, 7) is 0.881. The summed E-state index contributed by atoms with van der Waals surface area (Å²) in [5, 5.41) is 8.89. The number of hydrogen-bond donors (Lipinski definition) is 2. The number of nitrogens with zero attached hydrogens (tertiary/aromatic N) is 1. The Morgan fingerprint density at radius 1 is 1.00 bits per heavy atom. The number of hydrogen-bond acceptors (Lipinski definition) is 2. The van der Waals surface area contributed by atoms with E-state index in [4.69, 9.17) is 5.11 Å². The smallest absolute Gasteiger partial charge is 0.0681 e. The van der Waals surface area contributed by atoms with Crippen LogP contribution in [0.5, 0.6) is 0 Å². The van der Waals surface area contributed by atoms with Crippen molar-refractivity contribution < 1.29 is 5.11 Å². The van der Waals surface area contributed by atoms with Crippen molar-refractivity contribution >= 4 is 0 Å². The van der Waals surface area contributed by atoms with Gasteiger partial charge in [0.2, 0.25) is 0 Å². The SMILES string of the molecule is OCc1ccc(CNn2cccc2)cc1. The van der Waals surface area contributed by atoms with Gasteiger partial charge in [-0.3, -0.25) is 4.68 Å². The van der Waals surface area contributed by atoms with Gasteiger partial charge in [0, 0.05) is 12.4 Å². The van der Waals surface area contributed by atoms with E-state index in [2.05, 4.69) is 5.43 Å². The number of rotatable bonds is 4. The third-order valence-corrected chi connectivity index (χ3v) is 2.28. The molecular weight excluding hydrogens is 188 g/mol. The molecule has 0 atom stereocenters. The van der Waals surface area contributed by atoms with Crippen LogP contribution in [0.3, 0.4) is 0 Å². The largest absolute Gasteiger partial charge is 0.392 e. The zero-order valence-corrected chi connectivity index (χ0v) is 8.43. The minimum atomic E-state index is 0.102. The summed E-state index contributed by atoms with van der Waals surface area (Å²) in [5.74, 6) is 0. The molecule has 0 amide bonds. The molecule has 2 N–H and O–H groups in total. The highest BCUT2D eigenvalue weighted by Crippen LogP contribution is 2.04. The summed E-state index contributed by atoms with van der Waals surface area (Å²) in [7, 11) is 0. The first-order chi connectivity index (χ1) is 7.38. The number of nitrogens with one attached hydrogen (secondary N) is 1. The molecule has 0 aliphatic rings. The molecule has 2 rings (SSSR count). The Hall–Kier alpha value is -1.74. The van der Waals surface area contributed by atoms with Crippen molar-refractivity contribution in [2.24, 2.45) is 0 Å². The van der Waals surface area contributed by atoms with Crippen LogP contribution in [0.15, 0.2) is 48.8 Å². The van der Waals surface area contributed by atoms with Gasteiger partial charge in [0.05, 0.1) is 13.2 Å². The fraction of sp³-hybridized carbons (Fsp3) is 0.167. The molecule has 0 bridgehead atoms. The Balaban J connectivity index is 1.93. The van der Waals surface area contributed by atoms with E-state index in [1.807, 2.05) is 53.5 Å². The topological polar surface area (TPSA) is 37.2 Å². The summed E-state index contributed by atoms with van der Waals surface area (Å²) in [6, 6.07) is 11.9. The van der Waals surface area contributed by atoms with Crippen molar-refractivity contribution in [3.8, 4) is 0 Å². The van der Waals surface area contributed by atoms with E-state index in [0.29, 0.717) is 0 Å². The van der Waals surface area contributed by atoms with Crippen LogP contribution in [-0.2, 0) is 13.2 Å². The van der Waals surface area contributed by atoms with E-state index >= 15 is 0 Å². The molecule has 0 saturated carbocycles. The summed E-state index contributed by atoms with van der Waals surface area (Å²) >= 11 is 0. The number of aromatic nitrogens is 1. The van der Waals surface area contributed by atoms with Gasteiger partial charge < -0.3 is 10.5 Å². The van der Waals surface area contributed by atoms with Gasteiger partial charge in [-0.1, -0.05) is 24.3 Å². The second kappa shape index (κ2) is 4.66. The molecule has 0 aliphatic heterocycles. The lowest BCUT2D eigenvalue weighted by Gasteiger charge is -2.07. The normalized spacial score (nSPS) is 10.2. The number of benzene rings is 1. The molecule has 0 spiro atoms. The standard InChI is InChI=1S/C12H14N2O/c15-10-12-5-3-11(4-6-12)9-13-14-7-1-2-8-14/h1-8,13,15H,9-10H2. The third-order valence-electron chi connectivity index (χ3n) is 2.28. The van der Waals surface area contributed by atoms with Gasteiger partial charge in [0.25, 0.3) is 0 Å². The second-order valence-corrected chi connectivity index (χ2v) is 3.40. The first-order valence-corrected chi connectivity index (χ1v) is 4.94. The molecule has 78 valence electrons. The van der Waals surface area contributed by atoms with Crippen molar-refractivity contribution in [1.82, 2.24) is 4.68 Å². The van der Waals surface area contributed by atoms with Crippen LogP contribution in [0.25, 0.3) is 0 Å². The summed E-state index contributed by atoms with van der Waals surface area (Å²) in [4.78, 5) is 0. The molecule has 2 aromatic rings. The highest BCUT2D eigenvalue weighted by atomic mass is 16.3. The maximum absolute atomic E-state index is 8.89. The van der Waals surface area contributed by atoms with Crippen LogP contribution < -0.4 is 5.43 Å². The summed E-state index contributed by atoms with van der Waals surface area (Å²) in [6.07, 6.45) is 3.92. The Kier molecular flexibility index (Phi) is 3.05. The monoisotopic (exact) mass is 202 g/mol. The van der Waals surface area contributed by atoms with E-state index in [1.54, 1.807) is 0 Å². The van der Waals surface area contributed by atoms with E-state index in [9.17, 15) is 0 Å². The molecule has 15 heavy (non-hydrogen) atoms. The van der Waals surface area contributed by atoms with Crippen LogP contribution >= 0.6 is 0 Å². The Morgan fingerprint density at radius 3 is 2.20 bits per heavy atom. The molecular formula is C12H14N2O. The molecule has 3 heteroatoms. The summed E-state index contributed by atoms with van der Waals surface area (Å²) < 4.78 is 1.92. The van der Waals surface area contributed by atoms with Crippen molar-refractivity contribution in [3.63, 3.8) is 0 Å². The fourth-order valence-corrected chi connectivity index (χ4v) is 1.39. The van der Waals surface area contributed by atoms with Gasteiger partial charge in [-0.25, -0.2) is 0 Å². The molecule has 0 unspecified atom stereocenters. The lowest BCUT2D eigenvalue weighted by Crippen LogP contribution is -2.11. The maximum Gasteiger partial charge on any atom is 0.0681 e. The van der Waals surface area contributed by atoms with E-state index in [-0.39, 0.29) is 6.61 Å². The van der Waals surface area contributed by atoms with Crippen molar-refractivity contribution in [2.75, 3.05) is 5.43 Å². The van der Waals surface area contributed by atoms with Gasteiger partial charge >= 0.3 is 0 Å². The van der Waals surface area contributed by atoms with Crippen LogP contribution in [0.1, 0.15) is 11.1 Å². The van der Waals surface area contributed by atoms with Crippen LogP contribution in [0, 0.1) is 0 Å². The molecule has 1 heterocycles. The first-order valence-electron chi connectivity index (χ1n) is 4.94. The molecule has 1 aromatic carbocycles. The highest BCUT2D eigenvalue weighted by molar-refractivity contribution is 5.22. The van der Waals surface area contributed by atoms with Crippen LogP contribution in [0.4, 0.5) is 0 Å². The molecule has 1 aromatic heterocycles. The average molecular weight is 202 g/mol. The zero-order valence-electron chi connectivity index (χ0n) is 8.43. The average Bonchev–Trinajstić information content (AvgIpc) is 2.80. The zero-order chi connectivity index (χ0) is 10.5. The number of aliphatic hydroxyl groups is 1. The Labute approximate surface area is 89.0 Å². The second-order valence-electron chi connectivity index (χ2n) is 3.40. The van der Waals surface area contributed by atoms with Crippen LogP contribution in [0.2, 0.25) is 0 Å². The van der Waals surface area contributed by atoms with Gasteiger partial charge in [-0.05, 0) is 23.3 Å². The van der Waals surface area contributed by atoms with E-state index < -0.39 is 0 Å². The molecule has 0 aliphatic carbocycles. The first kappa shape index (κ1) is 9.80. The molecule has 0 radical (unpaired) electrons. The van der Waals surface area contributed by atoms with Crippen LogP contribution in [-0.4, -0.2) is 9.78 Å². The third kappa shape index (κ3) is 2.60. The van der Waals surface area contributed by atoms with E-state index in [0.717, 1.165) is 12.1 Å². The lowest BCUT2D eigenvalue weighted by atomic mass is 10.1. The van der Waals surface area contributed by atoms with Crippen molar-refractivity contribution in [1.29, 1.82) is 0 Å². The summed E-state index contributed by atoms with van der Waals surface area (Å²) in [5.41, 5.74) is 5.37. The maximum atomic E-state index is 8.89. The minimum absolute atomic E-state index is 0.102. The lowest BCUT2D eigenvalue weighted by molar-refractivity contribution is 0.282. The van der Waals surface area contributed by atoms with Crippen molar-refractivity contribution in [2.45, 2.75) is 13.2 Å². The van der Waals surface area contributed by atoms with Gasteiger partial charge in [-0.15, -0.1) is 0 Å². The van der Waals surface area contributed by atoms with Gasteiger partial charge in [0.1, 0.15) is 0 Å². The minimum Gasteiger partial charge on any atom is -0.392 e. The molecule has 3 nitrogen and oxygen atoms in total. The molecule has 0 fully saturated rings.